The topological polar surface area (TPSA) is 35.5 Å². The number of benzene rings is 1. The van der Waals surface area contributed by atoms with E-state index in [4.69, 9.17) is 21.1 Å². The number of halogens is 1. The van der Waals surface area contributed by atoms with Crippen LogP contribution in [0.25, 0.3) is 11.3 Å². The lowest BCUT2D eigenvalue weighted by Crippen LogP contribution is -2.40. The zero-order valence-electron chi connectivity index (χ0n) is 10.9. The highest BCUT2D eigenvalue weighted by molar-refractivity contribution is 6.30. The molecule has 20 heavy (non-hydrogen) atoms. The fourth-order valence-corrected chi connectivity index (χ4v) is 2.54. The molecular weight excluding hydrogens is 276 g/mol. The number of esters is 1. The minimum Gasteiger partial charge on any atom is -0.474 e. The van der Waals surface area contributed by atoms with Crippen molar-refractivity contribution in [2.75, 3.05) is 6.61 Å². The summed E-state index contributed by atoms with van der Waals surface area (Å²) in [5, 5.41) is 2.19. The molecule has 102 valence electrons. The number of hydrogen-bond donors (Lipinski definition) is 0. The second-order valence-corrected chi connectivity index (χ2v) is 4.91. The van der Waals surface area contributed by atoms with Crippen molar-refractivity contribution >= 4 is 28.9 Å². The summed E-state index contributed by atoms with van der Waals surface area (Å²) in [5.74, 6) is -0.240. The van der Waals surface area contributed by atoms with Gasteiger partial charge in [-0.15, -0.1) is 0 Å². The summed E-state index contributed by atoms with van der Waals surface area (Å²) in [6, 6.07) is 5.45. The van der Waals surface area contributed by atoms with Gasteiger partial charge in [-0.3, -0.25) is 0 Å². The smallest absolute Gasteiger partial charge is 0.374 e. The van der Waals surface area contributed by atoms with E-state index in [1.54, 1.807) is 13.0 Å². The summed E-state index contributed by atoms with van der Waals surface area (Å²) in [5.41, 5.74) is 1.02. The third-order valence-electron chi connectivity index (χ3n) is 3.22. The maximum atomic E-state index is 12.1. The van der Waals surface area contributed by atoms with Crippen molar-refractivity contribution in [1.29, 1.82) is 0 Å². The van der Waals surface area contributed by atoms with Gasteiger partial charge in [-0.25, -0.2) is 4.79 Å². The highest BCUT2D eigenvalue weighted by Crippen LogP contribution is 2.21. The second-order valence-electron chi connectivity index (χ2n) is 4.48. The second kappa shape index (κ2) is 5.17. The molecule has 0 fully saturated rings. The molecule has 3 nitrogen and oxygen atoms in total. The molecule has 3 rings (SSSR count). The van der Waals surface area contributed by atoms with Crippen LogP contribution in [0.15, 0.2) is 42.5 Å². The lowest BCUT2D eigenvalue weighted by atomic mass is 9.98. The predicted molar refractivity (Wildman–Crippen MR) is 77.3 cm³/mol. The van der Waals surface area contributed by atoms with Crippen LogP contribution >= 0.6 is 11.6 Å². The Morgan fingerprint density at radius 1 is 1.35 bits per heavy atom. The van der Waals surface area contributed by atoms with Gasteiger partial charge < -0.3 is 9.47 Å². The molecule has 4 heteroatoms. The molecule has 1 heterocycles. The van der Waals surface area contributed by atoms with Crippen LogP contribution in [-0.2, 0) is 14.3 Å². The first-order chi connectivity index (χ1) is 9.70. The van der Waals surface area contributed by atoms with Crippen molar-refractivity contribution in [1.82, 2.24) is 0 Å². The van der Waals surface area contributed by atoms with Gasteiger partial charge in [0, 0.05) is 15.8 Å². The van der Waals surface area contributed by atoms with E-state index in [0.29, 0.717) is 16.8 Å². The number of fused-ring (bicyclic) bond motifs is 2. The van der Waals surface area contributed by atoms with Gasteiger partial charge in [0.05, 0.1) is 6.61 Å². The first kappa shape index (κ1) is 13.0. The maximum absolute atomic E-state index is 12.1. The van der Waals surface area contributed by atoms with E-state index >= 15 is 0 Å². The monoisotopic (exact) mass is 288 g/mol. The highest BCUT2D eigenvalue weighted by Gasteiger charge is 2.25. The Morgan fingerprint density at radius 3 is 3.00 bits per heavy atom. The van der Waals surface area contributed by atoms with Crippen LogP contribution in [0.1, 0.15) is 6.92 Å². The minimum atomic E-state index is -0.460. The molecule has 1 aliphatic carbocycles. The van der Waals surface area contributed by atoms with Crippen LogP contribution < -0.4 is 10.4 Å². The Morgan fingerprint density at radius 2 is 2.20 bits per heavy atom. The number of hydrogen-bond acceptors (Lipinski definition) is 3. The third-order valence-corrected chi connectivity index (χ3v) is 3.46. The number of carbonyl (C=O) groups is 1. The summed E-state index contributed by atoms with van der Waals surface area (Å²) >= 11 is 6.04. The van der Waals surface area contributed by atoms with Gasteiger partial charge in [-0.05, 0) is 30.4 Å². The van der Waals surface area contributed by atoms with E-state index in [-0.39, 0.29) is 11.9 Å². The third kappa shape index (κ3) is 2.14. The fourth-order valence-electron chi connectivity index (χ4n) is 2.37. The predicted octanol–water partition coefficient (Wildman–Crippen LogP) is 1.69. The zero-order chi connectivity index (χ0) is 14.1. The fraction of sp³-hybridized carbons (Fsp3) is 0.188. The van der Waals surface area contributed by atoms with Crippen LogP contribution in [-0.4, -0.2) is 18.7 Å². The van der Waals surface area contributed by atoms with Crippen LogP contribution in [0.4, 0.5) is 0 Å². The number of carbonyl (C=O) groups excluding carboxylic acids is 1. The molecule has 0 N–H and O–H groups in total. The summed E-state index contributed by atoms with van der Waals surface area (Å²) in [7, 11) is 0. The molecule has 0 aromatic heterocycles. The Bertz CT molecular complexity index is 743. The van der Waals surface area contributed by atoms with Crippen LogP contribution in [0.2, 0.25) is 5.02 Å². The number of ether oxygens (including phenoxy) is 2. The summed E-state index contributed by atoms with van der Waals surface area (Å²) < 4.78 is 10.9. The molecule has 0 saturated heterocycles. The number of allylic oxidation sites excluding steroid dienone is 2. The first-order valence-electron chi connectivity index (χ1n) is 6.43. The summed E-state index contributed by atoms with van der Waals surface area (Å²) in [4.78, 5) is 12.1. The average molecular weight is 289 g/mol. The van der Waals surface area contributed by atoms with Crippen molar-refractivity contribution in [3.05, 3.63) is 58.0 Å². The first-order valence-corrected chi connectivity index (χ1v) is 6.81. The molecule has 1 aromatic rings. The quantitative estimate of drug-likeness (QED) is 0.777. The lowest BCUT2D eigenvalue weighted by molar-refractivity contribution is -0.138. The van der Waals surface area contributed by atoms with Crippen LogP contribution in [0, 0.1) is 0 Å². The van der Waals surface area contributed by atoms with Crippen molar-refractivity contribution in [2.24, 2.45) is 0 Å². The highest BCUT2D eigenvalue weighted by atomic mass is 35.5. The van der Waals surface area contributed by atoms with E-state index in [1.807, 2.05) is 36.4 Å². The molecule has 1 unspecified atom stereocenters. The van der Waals surface area contributed by atoms with E-state index in [9.17, 15) is 4.79 Å². The van der Waals surface area contributed by atoms with Gasteiger partial charge >= 0.3 is 5.97 Å². The molecule has 0 amide bonds. The Hall–Kier alpha value is -2.00. The van der Waals surface area contributed by atoms with Crippen LogP contribution in [0.3, 0.4) is 0 Å². The molecule has 0 spiro atoms. The van der Waals surface area contributed by atoms with E-state index in [2.05, 4.69) is 0 Å². The summed E-state index contributed by atoms with van der Waals surface area (Å²) in [6.45, 7) is 2.07. The van der Waals surface area contributed by atoms with Gasteiger partial charge in [0.25, 0.3) is 0 Å². The Balaban J connectivity index is 2.31. The maximum Gasteiger partial charge on any atom is 0.374 e. The van der Waals surface area contributed by atoms with Crippen molar-refractivity contribution in [3.8, 4) is 0 Å². The van der Waals surface area contributed by atoms with Gasteiger partial charge in [0.1, 0.15) is 6.10 Å². The normalized spacial score (nSPS) is 19.2. The molecule has 0 saturated carbocycles. The van der Waals surface area contributed by atoms with Gasteiger partial charge in [0.15, 0.2) is 0 Å². The van der Waals surface area contributed by atoms with Gasteiger partial charge in [-0.2, -0.15) is 0 Å². The van der Waals surface area contributed by atoms with Crippen LogP contribution in [0.5, 0.6) is 0 Å². The molecule has 0 bridgehead atoms. The number of rotatable bonds is 2. The largest absolute Gasteiger partial charge is 0.474 e. The van der Waals surface area contributed by atoms with E-state index < -0.39 is 5.97 Å². The minimum absolute atomic E-state index is 0.220. The molecule has 2 aliphatic rings. The lowest BCUT2D eigenvalue weighted by Gasteiger charge is -2.24. The van der Waals surface area contributed by atoms with Gasteiger partial charge in [0.2, 0.25) is 5.76 Å². The van der Waals surface area contributed by atoms with Gasteiger partial charge in [-0.1, -0.05) is 35.9 Å². The Kier molecular flexibility index (Phi) is 3.36. The Labute approximate surface area is 121 Å². The standard InChI is InChI=1S/C16H13ClO3/c1-2-19-16(18)15-13-9-10(17)7-8-11(13)12-5-3-4-6-14(12)20-15/h3-9,14H,2H2,1H3. The van der Waals surface area contributed by atoms with Crippen molar-refractivity contribution in [2.45, 2.75) is 13.0 Å². The molecular formula is C16H13ClO3. The molecule has 1 aromatic carbocycles. The SMILES string of the molecule is CCOC(=O)C1=c2cc(Cl)ccc2=C2C=CC=CC2O1. The zero-order valence-corrected chi connectivity index (χ0v) is 11.7. The van der Waals surface area contributed by atoms with Crippen molar-refractivity contribution < 1.29 is 14.3 Å². The summed E-state index contributed by atoms with van der Waals surface area (Å²) in [6.07, 6.45) is 7.49. The average Bonchev–Trinajstić information content (AvgIpc) is 2.46. The van der Waals surface area contributed by atoms with E-state index in [0.717, 1.165) is 10.8 Å². The molecule has 1 atom stereocenters. The molecule has 1 aliphatic heterocycles. The van der Waals surface area contributed by atoms with Crippen molar-refractivity contribution in [3.63, 3.8) is 0 Å². The van der Waals surface area contributed by atoms with E-state index in [1.165, 1.54) is 0 Å². The molecule has 0 radical (unpaired) electrons.